The molecule has 1 aromatic rings. The Kier molecular flexibility index (Phi) is 5.84. The van der Waals surface area contributed by atoms with E-state index in [-0.39, 0.29) is 29.3 Å². The lowest BCUT2D eigenvalue weighted by Crippen LogP contribution is -2.34. The minimum Gasteiger partial charge on any atom is -0.478 e. The Labute approximate surface area is 123 Å². The summed E-state index contributed by atoms with van der Waals surface area (Å²) in [5, 5.41) is 8.72. The molecule has 0 unspecified atom stereocenters. The smallest absolute Gasteiger partial charge is 0.335 e. The predicted octanol–water partition coefficient (Wildman–Crippen LogP) is -0.398. The second-order valence-corrected chi connectivity index (χ2v) is 7.74. The maximum absolute atomic E-state index is 11.9. The van der Waals surface area contributed by atoms with Crippen molar-refractivity contribution in [1.29, 1.82) is 0 Å². The molecule has 21 heavy (non-hydrogen) atoms. The van der Waals surface area contributed by atoms with Crippen LogP contribution in [0.3, 0.4) is 0 Å². The second-order valence-electron chi connectivity index (χ2n) is 4.04. The Hall–Kier alpha value is -1.49. The van der Waals surface area contributed by atoms with Crippen LogP contribution in [-0.2, 0) is 20.0 Å². The number of sulfonamides is 2. The van der Waals surface area contributed by atoms with Crippen LogP contribution in [-0.4, -0.2) is 46.8 Å². The molecule has 1 rings (SSSR count). The molecule has 0 saturated heterocycles. The van der Waals surface area contributed by atoms with E-state index in [1.807, 2.05) is 0 Å². The summed E-state index contributed by atoms with van der Waals surface area (Å²) >= 11 is 0. The predicted molar refractivity (Wildman–Crippen MR) is 76.1 cm³/mol. The highest BCUT2D eigenvalue weighted by Crippen LogP contribution is 2.10. The van der Waals surface area contributed by atoms with Crippen molar-refractivity contribution >= 4 is 26.0 Å². The minimum absolute atomic E-state index is 0.0383. The molecule has 0 saturated carbocycles. The molecule has 0 amide bonds. The summed E-state index contributed by atoms with van der Waals surface area (Å²) in [7, 11) is -7.38. The molecule has 0 radical (unpaired) electrons. The van der Waals surface area contributed by atoms with Crippen molar-refractivity contribution in [2.24, 2.45) is 0 Å². The summed E-state index contributed by atoms with van der Waals surface area (Å²) in [5.74, 6) is -1.54. The van der Waals surface area contributed by atoms with E-state index < -0.39 is 26.0 Å². The molecule has 10 heteroatoms. The van der Waals surface area contributed by atoms with Gasteiger partial charge in [-0.2, -0.15) is 0 Å². The maximum atomic E-state index is 11.9. The highest BCUT2D eigenvalue weighted by atomic mass is 32.2. The fraction of sp³-hybridized carbons (Fsp3) is 0.364. The van der Waals surface area contributed by atoms with Crippen LogP contribution in [0, 0.1) is 0 Å². The Morgan fingerprint density at radius 3 is 2.14 bits per heavy atom. The van der Waals surface area contributed by atoms with E-state index in [1.165, 1.54) is 0 Å². The van der Waals surface area contributed by atoms with Gasteiger partial charge in [-0.05, 0) is 24.3 Å². The number of hydrogen-bond donors (Lipinski definition) is 3. The molecule has 8 nitrogen and oxygen atoms in total. The van der Waals surface area contributed by atoms with E-state index in [0.717, 1.165) is 24.3 Å². The van der Waals surface area contributed by atoms with Crippen molar-refractivity contribution in [3.05, 3.63) is 29.8 Å². The van der Waals surface area contributed by atoms with Gasteiger partial charge in [-0.15, -0.1) is 0 Å². The van der Waals surface area contributed by atoms with Crippen molar-refractivity contribution in [2.75, 3.05) is 18.8 Å². The van der Waals surface area contributed by atoms with Gasteiger partial charge >= 0.3 is 5.97 Å². The molecule has 0 aliphatic rings. The number of benzene rings is 1. The topological polar surface area (TPSA) is 130 Å². The second kappa shape index (κ2) is 6.98. The van der Waals surface area contributed by atoms with Gasteiger partial charge in [-0.25, -0.2) is 31.1 Å². The first kappa shape index (κ1) is 17.6. The molecule has 118 valence electrons. The number of hydrogen-bond acceptors (Lipinski definition) is 5. The average Bonchev–Trinajstić information content (AvgIpc) is 2.38. The van der Waals surface area contributed by atoms with Crippen molar-refractivity contribution in [2.45, 2.75) is 11.8 Å². The van der Waals surface area contributed by atoms with Crippen LogP contribution in [0.2, 0.25) is 0 Å². The molecule has 0 spiro atoms. The third-order valence-electron chi connectivity index (χ3n) is 2.44. The van der Waals surface area contributed by atoms with E-state index in [2.05, 4.69) is 9.44 Å². The number of nitrogens with one attached hydrogen (secondary N) is 2. The van der Waals surface area contributed by atoms with Gasteiger partial charge in [0.05, 0.1) is 16.2 Å². The van der Waals surface area contributed by atoms with Crippen LogP contribution in [0.5, 0.6) is 0 Å². The van der Waals surface area contributed by atoms with Crippen LogP contribution < -0.4 is 9.44 Å². The van der Waals surface area contributed by atoms with Crippen LogP contribution in [0.25, 0.3) is 0 Å². The Balaban J connectivity index is 2.72. The van der Waals surface area contributed by atoms with Crippen LogP contribution in [0.4, 0.5) is 0 Å². The van der Waals surface area contributed by atoms with Gasteiger partial charge in [-0.3, -0.25) is 0 Å². The Morgan fingerprint density at radius 2 is 1.67 bits per heavy atom. The third-order valence-corrected chi connectivity index (χ3v) is 5.39. The lowest BCUT2D eigenvalue weighted by Gasteiger charge is -2.08. The molecule has 0 heterocycles. The summed E-state index contributed by atoms with van der Waals surface area (Å²) in [6, 6.07) is 4.60. The fourth-order valence-corrected chi connectivity index (χ4v) is 3.58. The number of carboxylic acids is 1. The SMILES string of the molecule is CCNS(=O)(=O)CCNS(=O)(=O)c1ccc(C(=O)O)cc1. The first-order chi connectivity index (χ1) is 9.68. The molecule has 0 fully saturated rings. The molecule has 0 aromatic heterocycles. The number of aromatic carboxylic acids is 1. The maximum Gasteiger partial charge on any atom is 0.335 e. The Morgan fingerprint density at radius 1 is 1.10 bits per heavy atom. The third kappa shape index (κ3) is 5.42. The van der Waals surface area contributed by atoms with Crippen molar-refractivity contribution < 1.29 is 26.7 Å². The number of carboxylic acid groups (broad SMARTS) is 1. The molecule has 1 aromatic carbocycles. The molecule has 0 aliphatic heterocycles. The van der Waals surface area contributed by atoms with Gasteiger partial charge < -0.3 is 5.11 Å². The summed E-state index contributed by atoms with van der Waals surface area (Å²) < 4.78 is 50.9. The van der Waals surface area contributed by atoms with Gasteiger partial charge in [0, 0.05) is 13.1 Å². The lowest BCUT2D eigenvalue weighted by molar-refractivity contribution is 0.0696. The zero-order valence-corrected chi connectivity index (χ0v) is 12.9. The van der Waals surface area contributed by atoms with E-state index >= 15 is 0 Å². The van der Waals surface area contributed by atoms with Gasteiger partial charge in [0.1, 0.15) is 0 Å². The quantitative estimate of drug-likeness (QED) is 0.592. The van der Waals surface area contributed by atoms with Gasteiger partial charge in [-0.1, -0.05) is 6.92 Å². The molecule has 3 N–H and O–H groups in total. The molecule has 0 bridgehead atoms. The normalized spacial score (nSPS) is 12.2. The first-order valence-electron chi connectivity index (χ1n) is 5.98. The summed E-state index contributed by atoms with van der Waals surface area (Å²) in [5.41, 5.74) is -0.0383. The van der Waals surface area contributed by atoms with Crippen molar-refractivity contribution in [3.63, 3.8) is 0 Å². The zero-order chi connectivity index (χ0) is 16.1. The largest absolute Gasteiger partial charge is 0.478 e. The van der Waals surface area contributed by atoms with Gasteiger partial charge in [0.2, 0.25) is 20.0 Å². The van der Waals surface area contributed by atoms with Crippen LogP contribution in [0.15, 0.2) is 29.2 Å². The highest BCUT2D eigenvalue weighted by Gasteiger charge is 2.16. The van der Waals surface area contributed by atoms with Gasteiger partial charge in [0.25, 0.3) is 0 Å². The molecular formula is C11H16N2O6S2. The number of carbonyl (C=O) groups is 1. The van der Waals surface area contributed by atoms with Crippen LogP contribution in [0.1, 0.15) is 17.3 Å². The molecule has 0 aliphatic carbocycles. The van der Waals surface area contributed by atoms with E-state index in [0.29, 0.717) is 0 Å². The zero-order valence-electron chi connectivity index (χ0n) is 11.2. The monoisotopic (exact) mass is 336 g/mol. The van der Waals surface area contributed by atoms with E-state index in [1.54, 1.807) is 6.92 Å². The lowest BCUT2D eigenvalue weighted by atomic mass is 10.2. The first-order valence-corrected chi connectivity index (χ1v) is 9.12. The standard InChI is InChI=1S/C11H16N2O6S2/c1-2-12-20(16,17)8-7-13-21(18,19)10-5-3-9(4-6-10)11(14)15/h3-6,12-13H,2,7-8H2,1H3,(H,14,15). The van der Waals surface area contributed by atoms with E-state index in [9.17, 15) is 21.6 Å². The summed E-state index contributed by atoms with van der Waals surface area (Å²) in [4.78, 5) is 10.5. The van der Waals surface area contributed by atoms with Gasteiger partial charge in [0.15, 0.2) is 0 Å². The average molecular weight is 336 g/mol. The fourth-order valence-electron chi connectivity index (χ4n) is 1.46. The molecular weight excluding hydrogens is 320 g/mol. The minimum atomic E-state index is -3.88. The summed E-state index contributed by atoms with van der Waals surface area (Å²) in [6.45, 7) is 1.57. The molecule has 0 atom stereocenters. The van der Waals surface area contributed by atoms with Crippen molar-refractivity contribution in [3.8, 4) is 0 Å². The number of rotatable bonds is 8. The van der Waals surface area contributed by atoms with E-state index in [4.69, 9.17) is 5.11 Å². The van der Waals surface area contributed by atoms with Crippen LogP contribution >= 0.6 is 0 Å². The van der Waals surface area contributed by atoms with Crippen molar-refractivity contribution in [1.82, 2.24) is 9.44 Å². The Bertz CT molecular complexity index is 695. The highest BCUT2D eigenvalue weighted by molar-refractivity contribution is 7.90. The summed E-state index contributed by atoms with van der Waals surface area (Å²) in [6.07, 6.45) is 0.